The van der Waals surface area contributed by atoms with E-state index in [9.17, 15) is 8.42 Å². The summed E-state index contributed by atoms with van der Waals surface area (Å²) in [5.74, 6) is 0. The molecule has 0 aliphatic heterocycles. The Balaban J connectivity index is 2.63. The number of hydrogen-bond donors (Lipinski definition) is 1. The maximum absolute atomic E-state index is 11.8. The predicted molar refractivity (Wildman–Crippen MR) is 68.3 cm³/mol. The molecule has 0 aliphatic carbocycles. The van der Waals surface area contributed by atoms with E-state index in [-0.39, 0.29) is 12.6 Å². The second-order valence-electron chi connectivity index (χ2n) is 3.17. The SMILES string of the molecule is CCOC(C)CNS(=O)(=O)c1sccc1Br. The normalized spacial score (nSPS) is 13.9. The Hall–Kier alpha value is 0.0500. The van der Waals surface area contributed by atoms with Crippen molar-refractivity contribution < 1.29 is 13.2 Å². The van der Waals surface area contributed by atoms with E-state index in [1.165, 1.54) is 11.3 Å². The standard InChI is InChI=1S/C9H14BrNO3S2/c1-3-14-7(2)6-11-16(12,13)9-8(10)4-5-15-9/h4-5,7,11H,3,6H2,1-2H3. The van der Waals surface area contributed by atoms with Crippen molar-refractivity contribution in [3.63, 3.8) is 0 Å². The zero-order chi connectivity index (χ0) is 12.2. The highest BCUT2D eigenvalue weighted by molar-refractivity contribution is 9.10. The molecule has 1 atom stereocenters. The van der Waals surface area contributed by atoms with Gasteiger partial charge in [-0.25, -0.2) is 13.1 Å². The minimum Gasteiger partial charge on any atom is -0.377 e. The van der Waals surface area contributed by atoms with E-state index < -0.39 is 10.0 Å². The molecule has 0 saturated carbocycles. The molecule has 0 spiro atoms. The third-order valence-electron chi connectivity index (χ3n) is 1.84. The van der Waals surface area contributed by atoms with Crippen LogP contribution in [0.15, 0.2) is 20.1 Å². The molecular weight excluding hydrogens is 314 g/mol. The molecule has 7 heteroatoms. The highest BCUT2D eigenvalue weighted by Crippen LogP contribution is 2.27. The van der Waals surface area contributed by atoms with E-state index in [0.717, 1.165) is 0 Å². The molecule has 0 saturated heterocycles. The van der Waals surface area contributed by atoms with E-state index in [1.54, 1.807) is 11.4 Å². The monoisotopic (exact) mass is 327 g/mol. The summed E-state index contributed by atoms with van der Waals surface area (Å²) in [4.78, 5) is 0. The Kier molecular flexibility index (Phi) is 5.39. The third-order valence-corrected chi connectivity index (χ3v) is 5.93. The lowest BCUT2D eigenvalue weighted by molar-refractivity contribution is 0.0799. The van der Waals surface area contributed by atoms with Crippen LogP contribution in [-0.4, -0.2) is 27.7 Å². The fourth-order valence-electron chi connectivity index (χ4n) is 1.11. The van der Waals surface area contributed by atoms with Gasteiger partial charge in [-0.3, -0.25) is 0 Å². The Morgan fingerprint density at radius 3 is 2.81 bits per heavy atom. The predicted octanol–water partition coefficient (Wildman–Crippen LogP) is 2.21. The molecule has 0 bridgehead atoms. The van der Waals surface area contributed by atoms with Gasteiger partial charge in [-0.05, 0) is 41.2 Å². The number of sulfonamides is 1. The second kappa shape index (κ2) is 6.11. The van der Waals surface area contributed by atoms with Crippen molar-refractivity contribution in [2.45, 2.75) is 24.2 Å². The molecule has 92 valence electrons. The van der Waals surface area contributed by atoms with Gasteiger partial charge in [0.15, 0.2) is 0 Å². The van der Waals surface area contributed by atoms with Crippen molar-refractivity contribution in [3.8, 4) is 0 Å². The Morgan fingerprint density at radius 1 is 1.62 bits per heavy atom. The first-order chi connectivity index (χ1) is 7.47. The molecule has 1 unspecified atom stereocenters. The quantitative estimate of drug-likeness (QED) is 0.871. The van der Waals surface area contributed by atoms with Gasteiger partial charge in [-0.2, -0.15) is 0 Å². The average Bonchev–Trinajstić information content (AvgIpc) is 2.63. The van der Waals surface area contributed by atoms with Crippen molar-refractivity contribution in [1.82, 2.24) is 4.72 Å². The first-order valence-electron chi connectivity index (χ1n) is 4.81. The summed E-state index contributed by atoms with van der Waals surface area (Å²) in [7, 11) is -3.42. The first-order valence-corrected chi connectivity index (χ1v) is 7.97. The summed E-state index contributed by atoms with van der Waals surface area (Å²) < 4.78 is 32.3. The highest BCUT2D eigenvalue weighted by Gasteiger charge is 2.19. The van der Waals surface area contributed by atoms with Crippen molar-refractivity contribution in [2.24, 2.45) is 0 Å². The van der Waals surface area contributed by atoms with Crippen LogP contribution in [0.25, 0.3) is 0 Å². The van der Waals surface area contributed by atoms with Crippen LogP contribution in [0.5, 0.6) is 0 Å². The molecule has 16 heavy (non-hydrogen) atoms. The molecule has 0 fully saturated rings. The number of ether oxygens (including phenoxy) is 1. The van der Waals surface area contributed by atoms with Gasteiger partial charge in [0.1, 0.15) is 4.21 Å². The number of rotatable bonds is 6. The van der Waals surface area contributed by atoms with E-state index in [0.29, 0.717) is 15.3 Å². The van der Waals surface area contributed by atoms with Crippen LogP contribution in [0.2, 0.25) is 0 Å². The Bertz CT molecular complexity index is 430. The lowest BCUT2D eigenvalue weighted by Crippen LogP contribution is -2.31. The average molecular weight is 328 g/mol. The zero-order valence-corrected chi connectivity index (χ0v) is 12.3. The molecule has 1 heterocycles. The molecule has 1 N–H and O–H groups in total. The Morgan fingerprint density at radius 2 is 2.31 bits per heavy atom. The maximum atomic E-state index is 11.8. The highest BCUT2D eigenvalue weighted by atomic mass is 79.9. The molecule has 4 nitrogen and oxygen atoms in total. The van der Waals surface area contributed by atoms with Gasteiger partial charge in [0, 0.05) is 17.6 Å². The van der Waals surface area contributed by atoms with Crippen molar-refractivity contribution in [3.05, 3.63) is 15.9 Å². The summed E-state index contributed by atoms with van der Waals surface area (Å²) in [5, 5.41) is 1.73. The van der Waals surface area contributed by atoms with Crippen LogP contribution in [-0.2, 0) is 14.8 Å². The van der Waals surface area contributed by atoms with Crippen LogP contribution in [0, 0.1) is 0 Å². The third kappa shape index (κ3) is 3.81. The number of halogens is 1. The number of hydrogen-bond acceptors (Lipinski definition) is 4. The molecule has 0 aliphatic rings. The first kappa shape index (κ1) is 14.1. The molecule has 0 radical (unpaired) electrons. The van der Waals surface area contributed by atoms with Gasteiger partial charge in [-0.15, -0.1) is 11.3 Å². The molecule has 1 aromatic heterocycles. The summed E-state index contributed by atoms with van der Waals surface area (Å²) in [6.07, 6.45) is -0.126. The topological polar surface area (TPSA) is 55.4 Å². The van der Waals surface area contributed by atoms with E-state index in [1.807, 2.05) is 13.8 Å². The molecule has 1 aromatic rings. The van der Waals surface area contributed by atoms with E-state index in [4.69, 9.17) is 4.74 Å². The lowest BCUT2D eigenvalue weighted by Gasteiger charge is -2.12. The van der Waals surface area contributed by atoms with E-state index >= 15 is 0 Å². The van der Waals surface area contributed by atoms with Gasteiger partial charge in [-0.1, -0.05) is 0 Å². The van der Waals surface area contributed by atoms with Crippen molar-refractivity contribution in [1.29, 1.82) is 0 Å². The zero-order valence-electron chi connectivity index (χ0n) is 9.07. The smallest absolute Gasteiger partial charge is 0.251 e. The van der Waals surface area contributed by atoms with Crippen LogP contribution in [0.4, 0.5) is 0 Å². The van der Waals surface area contributed by atoms with E-state index in [2.05, 4.69) is 20.7 Å². The summed E-state index contributed by atoms with van der Waals surface area (Å²) in [5.41, 5.74) is 0. The minimum absolute atomic E-state index is 0.126. The summed E-state index contributed by atoms with van der Waals surface area (Å²) >= 11 is 4.38. The van der Waals surface area contributed by atoms with Crippen molar-refractivity contribution in [2.75, 3.05) is 13.2 Å². The van der Waals surface area contributed by atoms with Crippen LogP contribution < -0.4 is 4.72 Å². The second-order valence-corrected chi connectivity index (χ2v) is 6.91. The lowest BCUT2D eigenvalue weighted by atomic mass is 10.4. The molecular formula is C9H14BrNO3S2. The molecule has 1 rings (SSSR count). The van der Waals surface area contributed by atoms with Crippen LogP contribution in [0.1, 0.15) is 13.8 Å². The summed E-state index contributed by atoms with van der Waals surface area (Å²) in [6.45, 7) is 4.56. The molecule has 0 amide bonds. The van der Waals surface area contributed by atoms with Crippen LogP contribution in [0.3, 0.4) is 0 Å². The molecule has 0 aromatic carbocycles. The van der Waals surface area contributed by atoms with Gasteiger partial charge < -0.3 is 4.74 Å². The van der Waals surface area contributed by atoms with Crippen LogP contribution >= 0.6 is 27.3 Å². The number of nitrogens with one attached hydrogen (secondary N) is 1. The van der Waals surface area contributed by atoms with Gasteiger partial charge in [0.05, 0.1) is 6.10 Å². The van der Waals surface area contributed by atoms with Gasteiger partial charge in [0.2, 0.25) is 0 Å². The van der Waals surface area contributed by atoms with Gasteiger partial charge in [0.25, 0.3) is 10.0 Å². The Labute approximate surface area is 108 Å². The largest absolute Gasteiger partial charge is 0.377 e. The number of thiophene rings is 1. The summed E-state index contributed by atoms with van der Waals surface area (Å²) in [6, 6.07) is 1.71. The maximum Gasteiger partial charge on any atom is 0.251 e. The fraction of sp³-hybridized carbons (Fsp3) is 0.556. The minimum atomic E-state index is -3.42. The fourth-order valence-corrected chi connectivity index (χ4v) is 4.60. The van der Waals surface area contributed by atoms with Gasteiger partial charge >= 0.3 is 0 Å². The van der Waals surface area contributed by atoms with Crippen molar-refractivity contribution >= 4 is 37.3 Å².